The van der Waals surface area contributed by atoms with Crippen molar-refractivity contribution in [3.8, 4) is 6.01 Å². The van der Waals surface area contributed by atoms with Crippen LogP contribution in [-0.4, -0.2) is 57.4 Å². The third-order valence-electron chi connectivity index (χ3n) is 4.54. The molecule has 0 aliphatic rings. The topological polar surface area (TPSA) is 139 Å². The van der Waals surface area contributed by atoms with E-state index in [1.807, 2.05) is 48.7 Å². The average Bonchev–Trinajstić information content (AvgIpc) is 3.26. The van der Waals surface area contributed by atoms with Crippen LogP contribution in [0.4, 0.5) is 11.9 Å². The molecule has 0 radical (unpaired) electrons. The summed E-state index contributed by atoms with van der Waals surface area (Å²) in [6, 6.07) is 13.7. The number of hydrogen-bond acceptors (Lipinski definition) is 10. The van der Waals surface area contributed by atoms with Crippen molar-refractivity contribution in [2.45, 2.75) is 6.42 Å². The van der Waals surface area contributed by atoms with Crippen LogP contribution in [0.2, 0.25) is 0 Å². The Morgan fingerprint density at radius 2 is 1.97 bits per heavy atom. The molecule has 3 heterocycles. The largest absolute Gasteiger partial charge is 0.468 e. The van der Waals surface area contributed by atoms with Gasteiger partial charge in [-0.3, -0.25) is 9.78 Å². The highest BCUT2D eigenvalue weighted by Gasteiger charge is 2.10. The fourth-order valence-electron chi connectivity index (χ4n) is 2.93. The maximum absolute atomic E-state index is 11.5. The zero-order chi connectivity index (χ0) is 22.9. The van der Waals surface area contributed by atoms with Crippen LogP contribution in [0.15, 0.2) is 60.0 Å². The Bertz CT molecular complexity index is 1240. The van der Waals surface area contributed by atoms with Gasteiger partial charge in [-0.05, 0) is 18.2 Å². The number of para-hydroxylation sites is 1. The Labute approximate surface area is 189 Å². The summed E-state index contributed by atoms with van der Waals surface area (Å²) >= 11 is 0. The summed E-state index contributed by atoms with van der Waals surface area (Å²) in [4.78, 5) is 31.6. The number of nitrogens with one attached hydrogen (secondary N) is 3. The number of nitrogens with zero attached hydrogens (tertiary/aromatic N) is 5. The Hall–Kier alpha value is -4.54. The van der Waals surface area contributed by atoms with Gasteiger partial charge in [-0.1, -0.05) is 24.3 Å². The number of ether oxygens (including phenoxy) is 2. The van der Waals surface area contributed by atoms with E-state index in [-0.39, 0.29) is 24.5 Å². The highest BCUT2D eigenvalue weighted by Crippen LogP contribution is 2.16. The number of H-pyrrole nitrogens is 1. The molecular formula is C22H22N8O3. The van der Waals surface area contributed by atoms with Crippen molar-refractivity contribution >= 4 is 35.0 Å². The van der Waals surface area contributed by atoms with Crippen LogP contribution in [0.25, 0.3) is 10.9 Å². The Morgan fingerprint density at radius 1 is 1.12 bits per heavy atom. The summed E-state index contributed by atoms with van der Waals surface area (Å²) < 4.78 is 10.3. The Balaban J connectivity index is 1.46. The minimum Gasteiger partial charge on any atom is -0.468 e. The van der Waals surface area contributed by atoms with E-state index < -0.39 is 5.97 Å². The van der Waals surface area contributed by atoms with Gasteiger partial charge in [0.05, 0.1) is 19.9 Å². The van der Waals surface area contributed by atoms with E-state index >= 15 is 0 Å². The van der Waals surface area contributed by atoms with Crippen LogP contribution in [-0.2, 0) is 16.0 Å². The van der Waals surface area contributed by atoms with Crippen LogP contribution in [0.1, 0.15) is 11.3 Å². The molecule has 0 amide bonds. The van der Waals surface area contributed by atoms with E-state index in [9.17, 15) is 4.79 Å². The van der Waals surface area contributed by atoms with Crippen molar-refractivity contribution in [2.75, 3.05) is 31.0 Å². The molecule has 0 aliphatic heterocycles. The third kappa shape index (κ3) is 6.00. The predicted molar refractivity (Wildman–Crippen MR) is 123 cm³/mol. The van der Waals surface area contributed by atoms with E-state index in [2.05, 4.69) is 45.5 Å². The minimum absolute atomic E-state index is 0.0816. The molecule has 0 aliphatic carbocycles. The van der Waals surface area contributed by atoms with E-state index in [1.54, 1.807) is 12.4 Å². The van der Waals surface area contributed by atoms with Gasteiger partial charge in [-0.15, -0.1) is 0 Å². The minimum atomic E-state index is -0.458. The number of anilines is 2. The summed E-state index contributed by atoms with van der Waals surface area (Å²) in [5.74, 6) is -0.158. The van der Waals surface area contributed by atoms with Gasteiger partial charge >= 0.3 is 12.0 Å². The summed E-state index contributed by atoms with van der Waals surface area (Å²) in [6.07, 6.45) is 5.82. The van der Waals surface area contributed by atoms with E-state index in [0.29, 0.717) is 13.0 Å². The summed E-state index contributed by atoms with van der Waals surface area (Å²) in [7, 11) is 1.30. The normalized spacial score (nSPS) is 10.9. The zero-order valence-electron chi connectivity index (χ0n) is 17.9. The van der Waals surface area contributed by atoms with E-state index in [0.717, 1.165) is 22.2 Å². The first-order valence-corrected chi connectivity index (χ1v) is 10.2. The molecule has 11 nitrogen and oxygen atoms in total. The fraction of sp³-hybridized carbons (Fsp3) is 0.182. The van der Waals surface area contributed by atoms with Gasteiger partial charge in [0.25, 0.3) is 5.95 Å². The second-order valence-corrected chi connectivity index (χ2v) is 6.77. The Kier molecular flexibility index (Phi) is 7.01. The number of aromatic nitrogens is 5. The average molecular weight is 446 g/mol. The first kappa shape index (κ1) is 21.7. The second kappa shape index (κ2) is 10.7. The van der Waals surface area contributed by atoms with Crippen molar-refractivity contribution in [1.29, 1.82) is 0 Å². The molecular weight excluding hydrogens is 424 g/mol. The summed E-state index contributed by atoms with van der Waals surface area (Å²) in [5, 5.41) is 8.05. The predicted octanol–water partition coefficient (Wildman–Crippen LogP) is 2.40. The number of carbonyl (C=O) groups is 1. The number of hydrazone groups is 1. The molecule has 0 saturated heterocycles. The number of rotatable bonds is 10. The molecule has 1 aromatic carbocycles. The monoisotopic (exact) mass is 446 g/mol. The molecule has 3 aromatic heterocycles. The maximum atomic E-state index is 11.5. The molecule has 168 valence electrons. The van der Waals surface area contributed by atoms with Crippen LogP contribution in [0, 0.1) is 0 Å². The number of methoxy groups -OCH3 is 1. The smallest absolute Gasteiger partial charge is 0.325 e. The molecule has 33 heavy (non-hydrogen) atoms. The highest BCUT2D eigenvalue weighted by atomic mass is 16.5. The quantitative estimate of drug-likeness (QED) is 0.190. The SMILES string of the molecule is COC(=O)CNc1nc(N/N=C\c2c[nH]c3ccccc23)nc(OCCc2ccccn2)n1. The maximum Gasteiger partial charge on any atom is 0.325 e. The third-order valence-corrected chi connectivity index (χ3v) is 4.54. The number of hydrogen-bond donors (Lipinski definition) is 3. The summed E-state index contributed by atoms with van der Waals surface area (Å²) in [5.41, 5.74) is 5.59. The van der Waals surface area contributed by atoms with Gasteiger partial charge < -0.3 is 19.8 Å². The molecule has 0 unspecified atom stereocenters. The van der Waals surface area contributed by atoms with Gasteiger partial charge in [-0.25, -0.2) is 5.43 Å². The van der Waals surface area contributed by atoms with E-state index in [1.165, 1.54) is 7.11 Å². The Morgan fingerprint density at radius 3 is 2.82 bits per heavy atom. The molecule has 4 rings (SSSR count). The molecule has 11 heteroatoms. The van der Waals surface area contributed by atoms with Gasteiger partial charge in [0.1, 0.15) is 6.54 Å². The van der Waals surface area contributed by atoms with Crippen LogP contribution in [0.3, 0.4) is 0 Å². The van der Waals surface area contributed by atoms with Crippen molar-refractivity contribution in [3.05, 3.63) is 66.1 Å². The van der Waals surface area contributed by atoms with Crippen LogP contribution >= 0.6 is 0 Å². The number of benzene rings is 1. The molecule has 0 fully saturated rings. The van der Waals surface area contributed by atoms with Crippen molar-refractivity contribution in [2.24, 2.45) is 5.10 Å². The second-order valence-electron chi connectivity index (χ2n) is 6.77. The van der Waals surface area contributed by atoms with Gasteiger partial charge in [-0.2, -0.15) is 20.1 Å². The molecule has 0 saturated carbocycles. The van der Waals surface area contributed by atoms with Gasteiger partial charge in [0, 0.05) is 41.0 Å². The van der Waals surface area contributed by atoms with Gasteiger partial charge in [0.2, 0.25) is 5.95 Å². The lowest BCUT2D eigenvalue weighted by Gasteiger charge is -2.09. The van der Waals surface area contributed by atoms with Gasteiger partial charge in [0.15, 0.2) is 0 Å². The number of aromatic amines is 1. The molecule has 0 atom stereocenters. The highest BCUT2D eigenvalue weighted by molar-refractivity contribution is 5.99. The lowest BCUT2D eigenvalue weighted by molar-refractivity contribution is -0.138. The fourth-order valence-corrected chi connectivity index (χ4v) is 2.93. The first-order chi connectivity index (χ1) is 16.2. The standard InChI is InChI=1S/C22H22N8O3/c1-32-19(31)14-25-20-27-21(29-22(28-20)33-11-9-16-6-4-5-10-23-16)30-26-13-15-12-24-18-8-3-2-7-17(15)18/h2-8,10,12-13,24H,9,11,14H2,1H3,(H2,25,27,28,29,30)/b26-13-. The first-order valence-electron chi connectivity index (χ1n) is 10.2. The molecule has 3 N–H and O–H groups in total. The number of esters is 1. The summed E-state index contributed by atoms with van der Waals surface area (Å²) in [6.45, 7) is 0.210. The molecule has 0 spiro atoms. The van der Waals surface area contributed by atoms with Crippen LogP contribution < -0.4 is 15.5 Å². The zero-order valence-corrected chi connectivity index (χ0v) is 17.9. The number of pyridine rings is 1. The number of fused-ring (bicyclic) bond motifs is 1. The van der Waals surface area contributed by atoms with Crippen molar-refractivity contribution in [3.63, 3.8) is 0 Å². The van der Waals surface area contributed by atoms with Crippen LogP contribution in [0.5, 0.6) is 6.01 Å². The molecule has 4 aromatic rings. The lowest BCUT2D eigenvalue weighted by Crippen LogP contribution is -2.18. The molecule has 0 bridgehead atoms. The van der Waals surface area contributed by atoms with Crippen molar-refractivity contribution < 1.29 is 14.3 Å². The van der Waals surface area contributed by atoms with E-state index in [4.69, 9.17) is 4.74 Å². The number of carbonyl (C=O) groups excluding carboxylic acids is 1. The lowest BCUT2D eigenvalue weighted by atomic mass is 10.2. The van der Waals surface area contributed by atoms with Crippen molar-refractivity contribution in [1.82, 2.24) is 24.9 Å².